The number of aliphatic carboxylic acids is 1. The van der Waals surface area contributed by atoms with Crippen molar-refractivity contribution >= 4 is 51.5 Å². The van der Waals surface area contributed by atoms with Gasteiger partial charge in [-0.2, -0.15) is 0 Å². The van der Waals surface area contributed by atoms with Gasteiger partial charge in [-0.15, -0.1) is 0 Å². The molecular formula is C28H26BrN3O8. The number of imide groups is 1. The molecule has 3 amide bonds. The normalized spacial score (nSPS) is 12.1. The first-order valence-corrected chi connectivity index (χ1v) is 12.6. The van der Waals surface area contributed by atoms with Crippen LogP contribution in [-0.4, -0.2) is 57.2 Å². The molecule has 0 fully saturated rings. The van der Waals surface area contributed by atoms with E-state index < -0.39 is 23.6 Å². The van der Waals surface area contributed by atoms with Crippen molar-refractivity contribution in [2.24, 2.45) is 0 Å². The number of carbonyl (C=O) groups excluding carboxylic acids is 3. The van der Waals surface area contributed by atoms with Crippen LogP contribution in [0.2, 0.25) is 0 Å². The van der Waals surface area contributed by atoms with E-state index >= 15 is 0 Å². The predicted octanol–water partition coefficient (Wildman–Crippen LogP) is 4.59. The second-order valence-corrected chi connectivity index (χ2v) is 9.98. The molecule has 0 unspecified atom stereocenters. The van der Waals surface area contributed by atoms with Crippen molar-refractivity contribution in [3.8, 4) is 0 Å². The van der Waals surface area contributed by atoms with E-state index in [4.69, 9.17) is 14.9 Å². The third-order valence-corrected chi connectivity index (χ3v) is 6.16. The number of hydrogen-bond donors (Lipinski definition) is 4. The molecular weight excluding hydrogens is 586 g/mol. The zero-order valence-corrected chi connectivity index (χ0v) is 23.1. The van der Waals surface area contributed by atoms with Crippen LogP contribution in [0.25, 0.3) is 0 Å². The Bertz CT molecular complexity index is 1430. The minimum atomic E-state index is -1.34. The summed E-state index contributed by atoms with van der Waals surface area (Å²) < 4.78 is 5.63. The second kappa shape index (κ2) is 12.9. The molecule has 12 heteroatoms. The number of alkyl carbamates (subject to hydrolysis) is 1. The van der Waals surface area contributed by atoms with Gasteiger partial charge in [0.25, 0.3) is 11.8 Å². The first-order chi connectivity index (χ1) is 18.9. The summed E-state index contributed by atoms with van der Waals surface area (Å²) in [6, 6.07) is 20.2. The van der Waals surface area contributed by atoms with E-state index in [1.54, 1.807) is 30.3 Å². The maximum Gasteiger partial charge on any atom is 0.408 e. The molecule has 3 aromatic carbocycles. The van der Waals surface area contributed by atoms with E-state index in [0.29, 0.717) is 16.8 Å². The Morgan fingerprint density at radius 2 is 1.52 bits per heavy atom. The summed E-state index contributed by atoms with van der Waals surface area (Å²) in [5, 5.41) is 22.9. The van der Waals surface area contributed by atoms with Crippen molar-refractivity contribution in [2.45, 2.75) is 26.0 Å². The highest BCUT2D eigenvalue weighted by molar-refractivity contribution is 9.10. The van der Waals surface area contributed by atoms with Crippen molar-refractivity contribution in [1.29, 1.82) is 0 Å². The zero-order valence-electron chi connectivity index (χ0n) is 21.5. The topological polar surface area (TPSA) is 162 Å². The minimum Gasteiger partial charge on any atom is -0.480 e. The Balaban J connectivity index is 0.000000232. The standard InChI is InChI=1S/C16H11BrN2O4.C12H15NO4/c17-10-3-6-12-13(7-10)15(21)19(14(12)20)8-18-11-4-1-9(2-5-11)16(22)23;1-12(2,10(14)15)13-11(16)17-8-9-6-4-3-5-7-9/h1-7,18H,8H2,(H,22,23);3-7H,8H2,1-2H3,(H,13,16)(H,14,15). The smallest absolute Gasteiger partial charge is 0.408 e. The van der Waals surface area contributed by atoms with E-state index in [1.165, 1.54) is 26.0 Å². The number of aromatic carboxylic acids is 1. The van der Waals surface area contributed by atoms with E-state index in [0.717, 1.165) is 14.9 Å². The fourth-order valence-corrected chi connectivity index (χ4v) is 3.74. The quantitative estimate of drug-likeness (QED) is 0.267. The lowest BCUT2D eigenvalue weighted by atomic mass is 10.1. The maximum atomic E-state index is 12.3. The summed E-state index contributed by atoms with van der Waals surface area (Å²) in [5.74, 6) is -2.84. The average molecular weight is 612 g/mol. The number of nitrogens with zero attached hydrogens (tertiary/aromatic N) is 1. The molecule has 0 spiro atoms. The summed E-state index contributed by atoms with van der Waals surface area (Å²) in [5.41, 5.74) is 1.03. The molecule has 0 atom stereocenters. The summed E-state index contributed by atoms with van der Waals surface area (Å²) in [7, 11) is 0. The number of hydrogen-bond acceptors (Lipinski definition) is 7. The number of ether oxygens (including phenoxy) is 1. The lowest BCUT2D eigenvalue weighted by Crippen LogP contribution is -2.49. The molecule has 0 saturated carbocycles. The molecule has 1 aliphatic rings. The maximum absolute atomic E-state index is 12.3. The van der Waals surface area contributed by atoms with Gasteiger partial charge < -0.3 is 25.6 Å². The number of fused-ring (bicyclic) bond motifs is 1. The van der Waals surface area contributed by atoms with Gasteiger partial charge in [0, 0.05) is 10.2 Å². The number of halogens is 1. The number of nitrogens with one attached hydrogen (secondary N) is 2. The molecule has 0 bridgehead atoms. The Hall–Kier alpha value is -4.71. The molecule has 1 aliphatic heterocycles. The number of carbonyl (C=O) groups is 5. The second-order valence-electron chi connectivity index (χ2n) is 9.06. The van der Waals surface area contributed by atoms with Gasteiger partial charge in [0.15, 0.2) is 0 Å². The Morgan fingerprint density at radius 1 is 0.900 bits per heavy atom. The highest BCUT2D eigenvalue weighted by atomic mass is 79.9. The van der Waals surface area contributed by atoms with Gasteiger partial charge in [0.05, 0.1) is 23.4 Å². The van der Waals surface area contributed by atoms with Crippen LogP contribution in [0.1, 0.15) is 50.5 Å². The van der Waals surface area contributed by atoms with Gasteiger partial charge in [-0.3, -0.25) is 14.5 Å². The number of carboxylic acids is 2. The molecule has 40 heavy (non-hydrogen) atoms. The van der Waals surface area contributed by atoms with Gasteiger partial charge in [-0.25, -0.2) is 14.4 Å². The Morgan fingerprint density at radius 3 is 2.12 bits per heavy atom. The van der Waals surface area contributed by atoms with Crippen molar-refractivity contribution in [3.63, 3.8) is 0 Å². The number of amides is 3. The first kappa shape index (κ1) is 29.8. The first-order valence-electron chi connectivity index (χ1n) is 11.8. The Kier molecular flexibility index (Phi) is 9.62. The number of rotatable bonds is 8. The van der Waals surface area contributed by atoms with Crippen LogP contribution in [0.4, 0.5) is 10.5 Å². The molecule has 3 aromatic rings. The molecule has 11 nitrogen and oxygen atoms in total. The fraction of sp³-hybridized carbons (Fsp3) is 0.179. The summed E-state index contributed by atoms with van der Waals surface area (Å²) in [6.07, 6.45) is -0.749. The van der Waals surface area contributed by atoms with E-state index in [2.05, 4.69) is 26.6 Å². The van der Waals surface area contributed by atoms with Gasteiger partial charge in [-0.1, -0.05) is 46.3 Å². The van der Waals surface area contributed by atoms with Gasteiger partial charge in [0.2, 0.25) is 0 Å². The van der Waals surface area contributed by atoms with Gasteiger partial charge in [0.1, 0.15) is 12.1 Å². The fourth-order valence-electron chi connectivity index (χ4n) is 3.38. The highest BCUT2D eigenvalue weighted by Gasteiger charge is 2.35. The van der Waals surface area contributed by atoms with Gasteiger partial charge in [-0.05, 0) is 61.9 Å². The lowest BCUT2D eigenvalue weighted by molar-refractivity contribution is -0.143. The number of carboxylic acid groups (broad SMARTS) is 2. The summed E-state index contributed by atoms with van der Waals surface area (Å²) in [4.78, 5) is 58.6. The van der Waals surface area contributed by atoms with E-state index in [1.807, 2.05) is 30.3 Å². The number of anilines is 1. The minimum absolute atomic E-state index is 0.0103. The molecule has 0 aromatic heterocycles. The molecule has 0 radical (unpaired) electrons. The third kappa shape index (κ3) is 7.67. The van der Waals surface area contributed by atoms with Crippen LogP contribution >= 0.6 is 15.9 Å². The number of benzene rings is 3. The summed E-state index contributed by atoms with van der Waals surface area (Å²) in [6.45, 7) is 2.90. The van der Waals surface area contributed by atoms with Crippen LogP contribution < -0.4 is 10.6 Å². The monoisotopic (exact) mass is 611 g/mol. The van der Waals surface area contributed by atoms with Crippen LogP contribution in [0, 0.1) is 0 Å². The van der Waals surface area contributed by atoms with Crippen LogP contribution in [0.3, 0.4) is 0 Å². The van der Waals surface area contributed by atoms with Gasteiger partial charge >= 0.3 is 18.0 Å². The van der Waals surface area contributed by atoms with Crippen LogP contribution in [-0.2, 0) is 16.1 Å². The molecule has 208 valence electrons. The van der Waals surface area contributed by atoms with E-state index in [9.17, 15) is 24.0 Å². The van der Waals surface area contributed by atoms with Crippen molar-refractivity contribution in [3.05, 3.63) is 99.5 Å². The lowest BCUT2D eigenvalue weighted by Gasteiger charge is -2.20. The largest absolute Gasteiger partial charge is 0.480 e. The zero-order chi connectivity index (χ0) is 29.4. The highest BCUT2D eigenvalue weighted by Crippen LogP contribution is 2.26. The predicted molar refractivity (Wildman–Crippen MR) is 148 cm³/mol. The average Bonchev–Trinajstić information content (AvgIpc) is 3.15. The van der Waals surface area contributed by atoms with Crippen molar-refractivity contribution in [2.75, 3.05) is 12.0 Å². The SMILES string of the molecule is CC(C)(NC(=O)OCc1ccccc1)C(=O)O.O=C(O)c1ccc(NCN2C(=O)c3ccc(Br)cc3C2=O)cc1. The summed E-state index contributed by atoms with van der Waals surface area (Å²) >= 11 is 3.28. The molecule has 4 rings (SSSR count). The molecule has 1 heterocycles. The van der Waals surface area contributed by atoms with Crippen molar-refractivity contribution in [1.82, 2.24) is 10.2 Å². The van der Waals surface area contributed by atoms with Crippen molar-refractivity contribution < 1.29 is 38.9 Å². The van der Waals surface area contributed by atoms with E-state index in [-0.39, 0.29) is 30.7 Å². The van der Waals surface area contributed by atoms with Crippen LogP contribution in [0.5, 0.6) is 0 Å². The van der Waals surface area contributed by atoms with Crippen LogP contribution in [0.15, 0.2) is 77.3 Å². The molecule has 0 saturated heterocycles. The molecule has 4 N–H and O–H groups in total. The Labute approximate surface area is 237 Å². The third-order valence-electron chi connectivity index (χ3n) is 5.67. The molecule has 0 aliphatic carbocycles.